The van der Waals surface area contributed by atoms with E-state index < -0.39 is 0 Å². The predicted octanol–water partition coefficient (Wildman–Crippen LogP) is 3.74. The lowest BCUT2D eigenvalue weighted by Gasteiger charge is -2.09. The molecule has 0 saturated heterocycles. The third kappa shape index (κ3) is 3.26. The first kappa shape index (κ1) is 14.9. The molecule has 0 spiro atoms. The molecule has 1 aromatic heterocycles. The zero-order valence-electron chi connectivity index (χ0n) is 12.6. The van der Waals surface area contributed by atoms with Crippen LogP contribution in [0, 0.1) is 19.7 Å². The predicted molar refractivity (Wildman–Crippen MR) is 83.6 cm³/mol. The molecule has 0 fully saturated rings. The summed E-state index contributed by atoms with van der Waals surface area (Å²) in [4.78, 5) is 16.5. The molecule has 3 rings (SSSR count). The van der Waals surface area contributed by atoms with Crippen molar-refractivity contribution in [1.29, 1.82) is 0 Å². The van der Waals surface area contributed by atoms with Gasteiger partial charge in [0.25, 0.3) is 5.91 Å². The molecule has 0 unspecified atom stereocenters. The van der Waals surface area contributed by atoms with Crippen LogP contribution in [0.15, 0.2) is 47.0 Å². The molecule has 3 aromatic rings. The molecular weight excluding hydrogens is 297 g/mol. The highest BCUT2D eigenvalue weighted by molar-refractivity contribution is 6.05. The van der Waals surface area contributed by atoms with E-state index in [0.717, 1.165) is 0 Å². The van der Waals surface area contributed by atoms with E-state index in [0.29, 0.717) is 34.1 Å². The zero-order chi connectivity index (χ0) is 16.4. The highest BCUT2D eigenvalue weighted by Gasteiger charge is 2.11. The summed E-state index contributed by atoms with van der Waals surface area (Å²) in [7, 11) is 0. The van der Waals surface area contributed by atoms with Crippen molar-refractivity contribution in [3.8, 4) is 11.4 Å². The second-order valence-corrected chi connectivity index (χ2v) is 5.13. The van der Waals surface area contributed by atoms with Gasteiger partial charge in [0, 0.05) is 23.7 Å². The van der Waals surface area contributed by atoms with Gasteiger partial charge in [0.05, 0.1) is 0 Å². The number of anilines is 1. The Bertz CT molecular complexity index is 874. The van der Waals surface area contributed by atoms with Crippen molar-refractivity contribution in [2.45, 2.75) is 13.8 Å². The first-order valence-corrected chi connectivity index (χ1v) is 7.01. The Labute approximate surface area is 132 Å². The average Bonchev–Trinajstić information content (AvgIpc) is 2.97. The Morgan fingerprint density at radius 1 is 1.17 bits per heavy atom. The number of nitrogens with one attached hydrogen (secondary N) is 1. The van der Waals surface area contributed by atoms with Crippen LogP contribution in [0.1, 0.15) is 21.8 Å². The van der Waals surface area contributed by atoms with Crippen LogP contribution in [0.3, 0.4) is 0 Å². The van der Waals surface area contributed by atoms with Crippen LogP contribution in [-0.2, 0) is 0 Å². The van der Waals surface area contributed by atoms with Gasteiger partial charge in [0.15, 0.2) is 0 Å². The number of halogens is 1. The van der Waals surface area contributed by atoms with E-state index in [1.54, 1.807) is 38.1 Å². The summed E-state index contributed by atoms with van der Waals surface area (Å²) in [5.41, 5.74) is 2.36. The number of nitrogens with zero attached hydrogens (tertiary/aromatic N) is 2. The molecule has 0 bridgehead atoms. The van der Waals surface area contributed by atoms with Crippen molar-refractivity contribution in [1.82, 2.24) is 10.1 Å². The lowest BCUT2D eigenvalue weighted by atomic mass is 10.1. The fraction of sp³-hybridized carbons (Fsp3) is 0.118. The van der Waals surface area contributed by atoms with Crippen molar-refractivity contribution in [2.24, 2.45) is 0 Å². The van der Waals surface area contributed by atoms with Gasteiger partial charge in [-0.3, -0.25) is 4.79 Å². The van der Waals surface area contributed by atoms with E-state index in [1.807, 2.05) is 0 Å². The Balaban J connectivity index is 1.85. The average molecular weight is 311 g/mol. The molecule has 2 aromatic carbocycles. The number of rotatable bonds is 3. The van der Waals surface area contributed by atoms with Crippen molar-refractivity contribution in [3.63, 3.8) is 0 Å². The number of hydrogen-bond donors (Lipinski definition) is 1. The summed E-state index contributed by atoms with van der Waals surface area (Å²) < 4.78 is 18.1. The van der Waals surface area contributed by atoms with Crippen molar-refractivity contribution in [2.75, 3.05) is 5.32 Å². The second kappa shape index (κ2) is 6.00. The van der Waals surface area contributed by atoms with Gasteiger partial charge in [-0.05, 0) is 42.8 Å². The molecule has 0 aliphatic rings. The zero-order valence-corrected chi connectivity index (χ0v) is 12.6. The lowest BCUT2D eigenvalue weighted by molar-refractivity contribution is 0.102. The normalized spacial score (nSPS) is 10.6. The third-order valence-electron chi connectivity index (χ3n) is 3.35. The standard InChI is InChI=1S/C17H14FN3O2/c1-10-8-14(18)6-7-15(10)20-17(22)13-5-3-4-12(9-13)16-19-11(2)23-21-16/h3-9H,1-2H3,(H,20,22). The minimum Gasteiger partial charge on any atom is -0.339 e. The topological polar surface area (TPSA) is 68.0 Å². The van der Waals surface area contributed by atoms with Crippen LogP contribution in [0.25, 0.3) is 11.4 Å². The van der Waals surface area contributed by atoms with Crippen LogP contribution in [-0.4, -0.2) is 16.0 Å². The number of hydrogen-bond acceptors (Lipinski definition) is 4. The van der Waals surface area contributed by atoms with E-state index in [2.05, 4.69) is 15.5 Å². The minimum absolute atomic E-state index is 0.290. The Hall–Kier alpha value is -3.02. The molecule has 1 heterocycles. The van der Waals surface area contributed by atoms with Crippen molar-refractivity contribution >= 4 is 11.6 Å². The fourth-order valence-corrected chi connectivity index (χ4v) is 2.18. The molecule has 5 nitrogen and oxygen atoms in total. The first-order chi connectivity index (χ1) is 11.0. The van der Waals surface area contributed by atoms with Crippen LogP contribution in [0.4, 0.5) is 10.1 Å². The molecular formula is C17H14FN3O2. The summed E-state index contributed by atoms with van der Waals surface area (Å²) in [6.07, 6.45) is 0. The monoisotopic (exact) mass is 311 g/mol. The smallest absolute Gasteiger partial charge is 0.255 e. The molecule has 0 saturated carbocycles. The van der Waals surface area contributed by atoms with Crippen LogP contribution < -0.4 is 5.32 Å². The molecule has 116 valence electrons. The highest BCUT2D eigenvalue weighted by Crippen LogP contribution is 2.20. The van der Waals surface area contributed by atoms with E-state index in [4.69, 9.17) is 4.52 Å². The molecule has 6 heteroatoms. The van der Waals surface area contributed by atoms with Gasteiger partial charge in [-0.2, -0.15) is 4.98 Å². The van der Waals surface area contributed by atoms with E-state index in [-0.39, 0.29) is 11.7 Å². The molecule has 1 N–H and O–H groups in total. The van der Waals surface area contributed by atoms with Crippen molar-refractivity contribution < 1.29 is 13.7 Å². The number of aryl methyl sites for hydroxylation is 2. The van der Waals surface area contributed by atoms with Gasteiger partial charge in [-0.1, -0.05) is 17.3 Å². The van der Waals surface area contributed by atoms with Gasteiger partial charge in [0.1, 0.15) is 5.82 Å². The van der Waals surface area contributed by atoms with Gasteiger partial charge in [-0.25, -0.2) is 4.39 Å². The van der Waals surface area contributed by atoms with Gasteiger partial charge in [0.2, 0.25) is 11.7 Å². The van der Waals surface area contributed by atoms with E-state index >= 15 is 0 Å². The maximum absolute atomic E-state index is 13.1. The Morgan fingerprint density at radius 3 is 2.70 bits per heavy atom. The third-order valence-corrected chi connectivity index (χ3v) is 3.35. The number of carbonyl (C=O) groups is 1. The summed E-state index contributed by atoms with van der Waals surface area (Å²) in [6, 6.07) is 11.1. The number of benzene rings is 2. The largest absolute Gasteiger partial charge is 0.339 e. The Morgan fingerprint density at radius 2 is 2.00 bits per heavy atom. The number of amides is 1. The summed E-state index contributed by atoms with van der Waals surface area (Å²) in [6.45, 7) is 3.43. The fourth-order valence-electron chi connectivity index (χ4n) is 2.18. The maximum Gasteiger partial charge on any atom is 0.255 e. The summed E-state index contributed by atoms with van der Waals surface area (Å²) >= 11 is 0. The quantitative estimate of drug-likeness (QED) is 0.800. The molecule has 0 aliphatic carbocycles. The summed E-state index contributed by atoms with van der Waals surface area (Å²) in [5.74, 6) is 0.253. The number of aromatic nitrogens is 2. The number of carbonyl (C=O) groups excluding carboxylic acids is 1. The molecule has 0 atom stereocenters. The first-order valence-electron chi connectivity index (χ1n) is 7.01. The van der Waals surface area contributed by atoms with E-state index in [9.17, 15) is 9.18 Å². The SMILES string of the molecule is Cc1nc(-c2cccc(C(=O)Nc3ccc(F)cc3C)c2)no1. The molecule has 23 heavy (non-hydrogen) atoms. The second-order valence-electron chi connectivity index (χ2n) is 5.13. The molecule has 1 amide bonds. The van der Waals surface area contributed by atoms with Crippen LogP contribution in [0.5, 0.6) is 0 Å². The lowest BCUT2D eigenvalue weighted by Crippen LogP contribution is -2.12. The Kier molecular flexibility index (Phi) is 3.89. The van der Waals surface area contributed by atoms with Gasteiger partial charge in [-0.15, -0.1) is 0 Å². The van der Waals surface area contributed by atoms with Crippen LogP contribution in [0.2, 0.25) is 0 Å². The van der Waals surface area contributed by atoms with Gasteiger partial charge < -0.3 is 9.84 Å². The minimum atomic E-state index is -0.338. The van der Waals surface area contributed by atoms with Crippen molar-refractivity contribution in [3.05, 3.63) is 65.3 Å². The van der Waals surface area contributed by atoms with Gasteiger partial charge >= 0.3 is 0 Å². The molecule has 0 aliphatic heterocycles. The van der Waals surface area contributed by atoms with E-state index in [1.165, 1.54) is 18.2 Å². The summed E-state index contributed by atoms with van der Waals surface area (Å²) in [5, 5.41) is 6.60. The highest BCUT2D eigenvalue weighted by atomic mass is 19.1. The molecule has 0 radical (unpaired) electrons. The maximum atomic E-state index is 13.1. The van der Waals surface area contributed by atoms with Crippen LogP contribution >= 0.6 is 0 Å².